The van der Waals surface area contributed by atoms with Crippen LogP contribution in [-0.4, -0.2) is 17.0 Å². The summed E-state index contributed by atoms with van der Waals surface area (Å²) in [6.07, 6.45) is 3.99. The van der Waals surface area contributed by atoms with Crippen molar-refractivity contribution in [2.24, 2.45) is 11.1 Å². The Kier molecular flexibility index (Phi) is 6.88. The molecule has 2 unspecified atom stereocenters. The Morgan fingerprint density at radius 3 is 2.14 bits per heavy atom. The maximum Gasteiger partial charge on any atom is 0.0244 e. The fraction of sp³-hybridized carbons (Fsp3) is 1.00. The first kappa shape index (κ1) is 14.3. The Bertz CT molecular complexity index is 138. The molecule has 0 radical (unpaired) electrons. The van der Waals surface area contributed by atoms with Crippen LogP contribution in [0, 0.1) is 5.41 Å². The van der Waals surface area contributed by atoms with Crippen molar-refractivity contribution in [2.45, 2.75) is 65.2 Å². The van der Waals surface area contributed by atoms with E-state index in [0.29, 0.717) is 16.7 Å². The van der Waals surface area contributed by atoms with Crippen LogP contribution >= 0.6 is 11.8 Å². The van der Waals surface area contributed by atoms with Crippen molar-refractivity contribution in [3.05, 3.63) is 0 Å². The van der Waals surface area contributed by atoms with Crippen LogP contribution in [0.1, 0.15) is 53.9 Å². The molecule has 0 aliphatic heterocycles. The summed E-state index contributed by atoms with van der Waals surface area (Å²) in [5.74, 6) is 1.26. The summed E-state index contributed by atoms with van der Waals surface area (Å²) in [5.41, 5.74) is 6.34. The van der Waals surface area contributed by atoms with E-state index < -0.39 is 0 Å². The van der Waals surface area contributed by atoms with Crippen LogP contribution in [0.25, 0.3) is 0 Å². The van der Waals surface area contributed by atoms with Crippen LogP contribution in [0.15, 0.2) is 0 Å². The summed E-state index contributed by atoms with van der Waals surface area (Å²) in [6, 6.07) is 0.293. The number of thioether (sulfide) groups is 1. The quantitative estimate of drug-likeness (QED) is 0.687. The zero-order valence-electron chi connectivity index (χ0n) is 10.5. The van der Waals surface area contributed by atoms with Crippen molar-refractivity contribution in [2.75, 3.05) is 5.75 Å². The largest absolute Gasteiger partial charge is 0.327 e. The Morgan fingerprint density at radius 1 is 1.21 bits per heavy atom. The van der Waals surface area contributed by atoms with E-state index in [1.54, 1.807) is 0 Å². The van der Waals surface area contributed by atoms with Crippen molar-refractivity contribution in [3.8, 4) is 0 Å². The zero-order valence-corrected chi connectivity index (χ0v) is 11.3. The second-order valence-corrected chi connectivity index (χ2v) is 6.47. The van der Waals surface area contributed by atoms with Crippen molar-refractivity contribution in [3.63, 3.8) is 0 Å². The summed E-state index contributed by atoms with van der Waals surface area (Å²) >= 11 is 2.05. The molecule has 0 rings (SSSR count). The van der Waals surface area contributed by atoms with Crippen LogP contribution in [0.4, 0.5) is 0 Å². The molecule has 0 bridgehead atoms. The molecule has 0 aromatic heterocycles. The number of hydrogen-bond donors (Lipinski definition) is 1. The van der Waals surface area contributed by atoms with E-state index in [1.807, 2.05) is 0 Å². The van der Waals surface area contributed by atoms with Gasteiger partial charge in [-0.1, -0.05) is 40.5 Å². The fourth-order valence-corrected chi connectivity index (χ4v) is 3.18. The molecule has 0 heterocycles. The van der Waals surface area contributed by atoms with Crippen molar-refractivity contribution >= 4 is 11.8 Å². The Labute approximate surface area is 94.2 Å². The number of rotatable bonds is 6. The van der Waals surface area contributed by atoms with Gasteiger partial charge >= 0.3 is 0 Å². The molecule has 2 N–H and O–H groups in total. The fourth-order valence-electron chi connectivity index (χ4n) is 1.75. The molecule has 0 saturated carbocycles. The van der Waals surface area contributed by atoms with Crippen molar-refractivity contribution < 1.29 is 0 Å². The lowest BCUT2D eigenvalue weighted by atomic mass is 9.88. The molecule has 2 atom stereocenters. The summed E-state index contributed by atoms with van der Waals surface area (Å²) in [4.78, 5) is 0. The molecule has 86 valence electrons. The molecule has 1 nitrogen and oxygen atoms in total. The van der Waals surface area contributed by atoms with Crippen LogP contribution in [-0.2, 0) is 0 Å². The van der Waals surface area contributed by atoms with E-state index in [2.05, 4.69) is 46.4 Å². The van der Waals surface area contributed by atoms with Crippen LogP contribution in [0.3, 0.4) is 0 Å². The van der Waals surface area contributed by atoms with E-state index >= 15 is 0 Å². The first-order valence-electron chi connectivity index (χ1n) is 5.76. The maximum absolute atomic E-state index is 6.02. The van der Waals surface area contributed by atoms with E-state index in [0.717, 1.165) is 0 Å². The van der Waals surface area contributed by atoms with Gasteiger partial charge in [-0.2, -0.15) is 11.8 Å². The average molecular weight is 217 g/mol. The van der Waals surface area contributed by atoms with Gasteiger partial charge in [0, 0.05) is 11.3 Å². The molecular formula is C12H27NS. The highest BCUT2D eigenvalue weighted by Gasteiger charge is 2.27. The van der Waals surface area contributed by atoms with Gasteiger partial charge in [0.05, 0.1) is 0 Å². The maximum atomic E-state index is 6.02. The monoisotopic (exact) mass is 217 g/mol. The third-order valence-electron chi connectivity index (χ3n) is 2.38. The minimum Gasteiger partial charge on any atom is -0.327 e. The zero-order chi connectivity index (χ0) is 11.2. The number of nitrogens with two attached hydrogens (primary N) is 1. The van der Waals surface area contributed by atoms with Gasteiger partial charge in [-0.25, -0.2) is 0 Å². The molecule has 0 aromatic rings. The normalized spacial score (nSPS) is 16.7. The topological polar surface area (TPSA) is 26.0 Å². The predicted octanol–water partition coefficient (Wildman–Crippen LogP) is 3.67. The Balaban J connectivity index is 3.87. The molecule has 0 aliphatic rings. The second-order valence-electron chi connectivity index (χ2n) is 5.22. The predicted molar refractivity (Wildman–Crippen MR) is 68.9 cm³/mol. The van der Waals surface area contributed by atoms with Crippen LogP contribution < -0.4 is 5.73 Å². The highest BCUT2D eigenvalue weighted by Crippen LogP contribution is 2.32. The molecule has 2 heteroatoms. The number of unbranched alkanes of at least 4 members (excludes halogenated alkanes) is 2. The van der Waals surface area contributed by atoms with Gasteiger partial charge in [0.1, 0.15) is 0 Å². The molecule has 14 heavy (non-hydrogen) atoms. The Morgan fingerprint density at radius 2 is 1.79 bits per heavy atom. The third-order valence-corrected chi connectivity index (χ3v) is 4.40. The summed E-state index contributed by atoms with van der Waals surface area (Å²) in [5, 5.41) is 0.583. The molecule has 0 amide bonds. The first-order valence-corrected chi connectivity index (χ1v) is 6.81. The molecule has 0 aromatic carbocycles. The second kappa shape index (κ2) is 6.73. The first-order chi connectivity index (χ1) is 6.39. The minimum atomic E-state index is 0.293. The van der Waals surface area contributed by atoms with Crippen LogP contribution in [0.2, 0.25) is 0 Å². The standard InChI is InChI=1S/C12H27NS/c1-6-7-8-9-14-11(10(2)13)12(3,4)5/h10-11H,6-9,13H2,1-5H3. The van der Waals surface area contributed by atoms with Crippen LogP contribution in [0.5, 0.6) is 0 Å². The van der Waals surface area contributed by atoms with Crippen molar-refractivity contribution in [1.29, 1.82) is 0 Å². The van der Waals surface area contributed by atoms with Gasteiger partial charge < -0.3 is 5.73 Å². The van der Waals surface area contributed by atoms with Gasteiger partial charge in [0.25, 0.3) is 0 Å². The van der Waals surface area contributed by atoms with E-state index in [4.69, 9.17) is 5.73 Å². The smallest absolute Gasteiger partial charge is 0.0244 e. The van der Waals surface area contributed by atoms with Gasteiger partial charge in [-0.15, -0.1) is 0 Å². The Hall–Kier alpha value is 0.310. The SMILES string of the molecule is CCCCCSC(C(C)N)C(C)(C)C. The van der Waals surface area contributed by atoms with E-state index in [1.165, 1.54) is 25.0 Å². The molecule has 0 aliphatic carbocycles. The lowest BCUT2D eigenvalue weighted by Gasteiger charge is -2.33. The minimum absolute atomic E-state index is 0.293. The van der Waals surface area contributed by atoms with Gasteiger partial charge in [0.2, 0.25) is 0 Å². The molecule has 0 saturated heterocycles. The van der Waals surface area contributed by atoms with E-state index in [-0.39, 0.29) is 0 Å². The lowest BCUT2D eigenvalue weighted by molar-refractivity contribution is 0.363. The van der Waals surface area contributed by atoms with Crippen molar-refractivity contribution in [1.82, 2.24) is 0 Å². The number of hydrogen-bond acceptors (Lipinski definition) is 2. The summed E-state index contributed by atoms with van der Waals surface area (Å²) in [6.45, 7) is 11.2. The van der Waals surface area contributed by atoms with Gasteiger partial charge in [-0.05, 0) is 24.5 Å². The highest BCUT2D eigenvalue weighted by atomic mass is 32.2. The molecule has 0 spiro atoms. The summed E-state index contributed by atoms with van der Waals surface area (Å²) < 4.78 is 0. The van der Waals surface area contributed by atoms with E-state index in [9.17, 15) is 0 Å². The summed E-state index contributed by atoms with van der Waals surface area (Å²) in [7, 11) is 0. The lowest BCUT2D eigenvalue weighted by Crippen LogP contribution is -2.39. The van der Waals surface area contributed by atoms with Gasteiger partial charge in [0.15, 0.2) is 0 Å². The van der Waals surface area contributed by atoms with Gasteiger partial charge in [-0.3, -0.25) is 0 Å². The average Bonchev–Trinajstić information content (AvgIpc) is 2.01. The third kappa shape index (κ3) is 5.92. The molecular weight excluding hydrogens is 190 g/mol. The molecule has 0 fully saturated rings. The highest BCUT2D eigenvalue weighted by molar-refractivity contribution is 8.00.